The van der Waals surface area contributed by atoms with Gasteiger partial charge in [0.15, 0.2) is 0 Å². The van der Waals surface area contributed by atoms with Crippen molar-refractivity contribution >= 4 is 0 Å². The third kappa shape index (κ3) is 3.67. The number of hydrogen-bond acceptors (Lipinski definition) is 4. The molecular weight excluding hydrogens is 228 g/mol. The average molecular weight is 256 g/mol. The summed E-state index contributed by atoms with van der Waals surface area (Å²) in [4.78, 5) is 4.79. The van der Waals surface area contributed by atoms with Gasteiger partial charge in [0.25, 0.3) is 0 Å². The molecule has 1 N–H and O–H groups in total. The number of aliphatic hydroxyl groups is 1. The summed E-state index contributed by atoms with van der Waals surface area (Å²) in [5.41, 5.74) is 0.275. The molecule has 0 saturated carbocycles. The molecule has 2 heterocycles. The maximum atomic E-state index is 9.54. The van der Waals surface area contributed by atoms with E-state index in [1.54, 1.807) is 0 Å². The van der Waals surface area contributed by atoms with Crippen LogP contribution in [0.5, 0.6) is 0 Å². The Morgan fingerprint density at radius 3 is 2.72 bits per heavy atom. The standard InChI is InChI=1S/C14H28N2O2/c1-14(2)10-15(3)12(9-17)7-16(11-14)8-13-5-4-6-18-13/h12-13,17H,4-11H2,1-3H3. The lowest BCUT2D eigenvalue weighted by molar-refractivity contribution is 0.0593. The van der Waals surface area contributed by atoms with Gasteiger partial charge in [0, 0.05) is 38.8 Å². The molecule has 2 saturated heterocycles. The summed E-state index contributed by atoms with van der Waals surface area (Å²) >= 11 is 0. The van der Waals surface area contributed by atoms with Crippen molar-refractivity contribution in [1.29, 1.82) is 0 Å². The molecule has 18 heavy (non-hydrogen) atoms. The van der Waals surface area contributed by atoms with Crippen LogP contribution in [0, 0.1) is 5.41 Å². The van der Waals surface area contributed by atoms with E-state index in [0.717, 1.165) is 32.8 Å². The first kappa shape index (κ1) is 14.3. The summed E-state index contributed by atoms with van der Waals surface area (Å²) in [5, 5.41) is 9.54. The molecule has 0 radical (unpaired) electrons. The first-order valence-electron chi connectivity index (χ1n) is 7.15. The van der Waals surface area contributed by atoms with E-state index in [2.05, 4.69) is 30.7 Å². The third-order valence-electron chi connectivity index (χ3n) is 4.12. The average Bonchev–Trinajstić information content (AvgIpc) is 2.72. The second-order valence-electron chi connectivity index (χ2n) is 6.74. The summed E-state index contributed by atoms with van der Waals surface area (Å²) in [7, 11) is 2.12. The van der Waals surface area contributed by atoms with Crippen molar-refractivity contribution in [3.63, 3.8) is 0 Å². The van der Waals surface area contributed by atoms with E-state index in [-0.39, 0.29) is 18.1 Å². The summed E-state index contributed by atoms with van der Waals surface area (Å²) < 4.78 is 5.74. The molecule has 0 bridgehead atoms. The van der Waals surface area contributed by atoms with Gasteiger partial charge >= 0.3 is 0 Å². The quantitative estimate of drug-likeness (QED) is 0.810. The van der Waals surface area contributed by atoms with Gasteiger partial charge in [0.2, 0.25) is 0 Å². The van der Waals surface area contributed by atoms with E-state index < -0.39 is 0 Å². The number of rotatable bonds is 3. The van der Waals surface area contributed by atoms with Crippen LogP contribution in [0.3, 0.4) is 0 Å². The van der Waals surface area contributed by atoms with Crippen LogP contribution in [0.2, 0.25) is 0 Å². The first-order valence-corrected chi connectivity index (χ1v) is 7.15. The molecule has 2 atom stereocenters. The number of nitrogens with zero attached hydrogens (tertiary/aromatic N) is 2. The van der Waals surface area contributed by atoms with Gasteiger partial charge in [0.1, 0.15) is 0 Å². The van der Waals surface area contributed by atoms with Crippen LogP contribution in [0.1, 0.15) is 26.7 Å². The summed E-state index contributed by atoms with van der Waals surface area (Å²) in [6, 6.07) is 0.258. The molecule has 0 amide bonds. The van der Waals surface area contributed by atoms with Gasteiger partial charge in [-0.25, -0.2) is 0 Å². The van der Waals surface area contributed by atoms with Crippen molar-refractivity contribution < 1.29 is 9.84 Å². The Hall–Kier alpha value is -0.160. The Morgan fingerprint density at radius 1 is 1.33 bits per heavy atom. The van der Waals surface area contributed by atoms with Crippen LogP contribution in [-0.2, 0) is 4.74 Å². The fourth-order valence-corrected chi connectivity index (χ4v) is 3.37. The molecule has 106 valence electrons. The highest BCUT2D eigenvalue weighted by Gasteiger charge is 2.33. The summed E-state index contributed by atoms with van der Waals surface area (Å²) in [6.45, 7) is 9.90. The molecule has 2 aliphatic heterocycles. The first-order chi connectivity index (χ1) is 8.50. The zero-order valence-electron chi connectivity index (χ0n) is 12.1. The van der Waals surface area contributed by atoms with Crippen molar-refractivity contribution in [1.82, 2.24) is 9.80 Å². The summed E-state index contributed by atoms with van der Waals surface area (Å²) in [5.74, 6) is 0. The molecule has 2 fully saturated rings. The topological polar surface area (TPSA) is 35.9 Å². The fraction of sp³-hybridized carbons (Fsp3) is 1.00. The number of likely N-dealkylation sites (N-methyl/N-ethyl adjacent to an activating group) is 1. The van der Waals surface area contributed by atoms with Gasteiger partial charge in [-0.05, 0) is 25.3 Å². The molecular formula is C14H28N2O2. The van der Waals surface area contributed by atoms with Crippen LogP contribution in [-0.4, -0.2) is 73.5 Å². The maximum Gasteiger partial charge on any atom is 0.0702 e. The Kier molecular flexibility index (Phi) is 4.64. The van der Waals surface area contributed by atoms with Crippen molar-refractivity contribution in [2.75, 3.05) is 46.4 Å². The van der Waals surface area contributed by atoms with Gasteiger partial charge in [-0.1, -0.05) is 13.8 Å². The zero-order chi connectivity index (χ0) is 13.2. The molecule has 2 unspecified atom stereocenters. The number of ether oxygens (including phenoxy) is 1. The molecule has 0 spiro atoms. The Labute approximate surface area is 111 Å². The van der Waals surface area contributed by atoms with Crippen molar-refractivity contribution in [2.45, 2.75) is 38.8 Å². The summed E-state index contributed by atoms with van der Waals surface area (Å²) in [6.07, 6.45) is 2.80. The predicted molar refractivity (Wildman–Crippen MR) is 72.7 cm³/mol. The maximum absolute atomic E-state index is 9.54. The van der Waals surface area contributed by atoms with Crippen LogP contribution in [0.4, 0.5) is 0 Å². The van der Waals surface area contributed by atoms with E-state index in [1.807, 2.05) is 0 Å². The minimum atomic E-state index is 0.245. The highest BCUT2D eigenvalue weighted by atomic mass is 16.5. The SMILES string of the molecule is CN1CC(C)(C)CN(CC2CCCO2)CC1CO. The number of hydrogen-bond donors (Lipinski definition) is 1. The second-order valence-corrected chi connectivity index (χ2v) is 6.74. The molecule has 0 aromatic rings. The highest BCUT2D eigenvalue weighted by Crippen LogP contribution is 2.25. The van der Waals surface area contributed by atoms with Crippen LogP contribution in [0.15, 0.2) is 0 Å². The van der Waals surface area contributed by atoms with Gasteiger partial charge in [0.05, 0.1) is 12.7 Å². The van der Waals surface area contributed by atoms with E-state index >= 15 is 0 Å². The lowest BCUT2D eigenvalue weighted by atomic mass is 9.92. The normalized spacial score (nSPS) is 34.7. The molecule has 4 heteroatoms. The van der Waals surface area contributed by atoms with Crippen LogP contribution >= 0.6 is 0 Å². The van der Waals surface area contributed by atoms with Gasteiger partial charge in [-0.2, -0.15) is 0 Å². The van der Waals surface area contributed by atoms with Crippen molar-refractivity contribution in [3.8, 4) is 0 Å². The van der Waals surface area contributed by atoms with E-state index in [1.165, 1.54) is 12.8 Å². The third-order valence-corrected chi connectivity index (χ3v) is 4.12. The van der Waals surface area contributed by atoms with Crippen LogP contribution < -0.4 is 0 Å². The largest absolute Gasteiger partial charge is 0.395 e. The van der Waals surface area contributed by atoms with E-state index in [4.69, 9.17) is 4.74 Å². The predicted octanol–water partition coefficient (Wildman–Crippen LogP) is 0.800. The zero-order valence-corrected chi connectivity index (χ0v) is 12.1. The number of aliphatic hydroxyl groups excluding tert-OH is 1. The van der Waals surface area contributed by atoms with Crippen LogP contribution in [0.25, 0.3) is 0 Å². The molecule has 0 aliphatic carbocycles. The minimum Gasteiger partial charge on any atom is -0.395 e. The highest BCUT2D eigenvalue weighted by molar-refractivity contribution is 4.87. The lowest BCUT2D eigenvalue weighted by Crippen LogP contribution is -2.43. The molecule has 4 nitrogen and oxygen atoms in total. The van der Waals surface area contributed by atoms with Crippen molar-refractivity contribution in [3.05, 3.63) is 0 Å². The smallest absolute Gasteiger partial charge is 0.0702 e. The van der Waals surface area contributed by atoms with E-state index in [9.17, 15) is 5.11 Å². The molecule has 0 aromatic heterocycles. The monoisotopic (exact) mass is 256 g/mol. The second kappa shape index (κ2) is 5.87. The Balaban J connectivity index is 1.98. The van der Waals surface area contributed by atoms with Gasteiger partial charge in [-0.15, -0.1) is 0 Å². The molecule has 0 aromatic carbocycles. The van der Waals surface area contributed by atoms with Gasteiger partial charge in [-0.3, -0.25) is 9.80 Å². The fourth-order valence-electron chi connectivity index (χ4n) is 3.37. The Bertz CT molecular complexity index is 265. The van der Waals surface area contributed by atoms with E-state index in [0.29, 0.717) is 6.10 Å². The van der Waals surface area contributed by atoms with Crippen molar-refractivity contribution in [2.24, 2.45) is 5.41 Å². The molecule has 2 rings (SSSR count). The lowest BCUT2D eigenvalue weighted by Gasteiger charge is -2.31. The Morgan fingerprint density at radius 2 is 2.11 bits per heavy atom. The minimum absolute atomic E-state index is 0.245. The molecule has 2 aliphatic rings. The van der Waals surface area contributed by atoms with Gasteiger partial charge < -0.3 is 9.84 Å².